The molecule has 164 valence electrons. The number of aryl methyl sites for hydroxylation is 2. The highest BCUT2D eigenvalue weighted by Crippen LogP contribution is 2.33. The quantitative estimate of drug-likeness (QED) is 0.559. The average Bonchev–Trinajstić information content (AvgIpc) is 3.37. The minimum atomic E-state index is -0.665. The Morgan fingerprint density at radius 2 is 1.97 bits per heavy atom. The Bertz CT molecular complexity index is 1180. The lowest BCUT2D eigenvalue weighted by molar-refractivity contribution is -0.128. The van der Waals surface area contributed by atoms with E-state index >= 15 is 0 Å². The standard InChI is InChI=1S/C24H22FN3O3S/c1-15-9-10-17(12-16(15)2)26-24-28(14-18-6-5-11-31-18)23(30)21(32-24)13-22(29)27-20-8-4-3-7-19(20)25/h3-12,21H,13-14H2,1-2H3,(H,27,29). The Hall–Kier alpha value is -3.39. The van der Waals surface area contributed by atoms with Crippen LogP contribution >= 0.6 is 11.8 Å². The number of thioether (sulfide) groups is 1. The fraction of sp³-hybridized carbons (Fsp3) is 0.208. The highest BCUT2D eigenvalue weighted by molar-refractivity contribution is 8.15. The monoisotopic (exact) mass is 451 g/mol. The summed E-state index contributed by atoms with van der Waals surface area (Å²) in [5.41, 5.74) is 3.06. The summed E-state index contributed by atoms with van der Waals surface area (Å²) in [5.74, 6) is -0.588. The normalized spacial score (nSPS) is 17.2. The van der Waals surface area contributed by atoms with Crippen molar-refractivity contribution in [1.82, 2.24) is 4.90 Å². The molecule has 1 aliphatic rings. The molecule has 0 bridgehead atoms. The van der Waals surface area contributed by atoms with Crippen LogP contribution in [-0.4, -0.2) is 27.1 Å². The van der Waals surface area contributed by atoms with E-state index in [1.807, 2.05) is 32.0 Å². The van der Waals surface area contributed by atoms with Gasteiger partial charge in [-0.05, 0) is 61.4 Å². The highest BCUT2D eigenvalue weighted by atomic mass is 32.2. The van der Waals surface area contributed by atoms with Gasteiger partial charge in [0.2, 0.25) is 11.8 Å². The maximum absolute atomic E-state index is 13.9. The Labute approximate surface area is 189 Å². The molecule has 8 heteroatoms. The van der Waals surface area contributed by atoms with Gasteiger partial charge in [0.1, 0.15) is 16.8 Å². The number of furan rings is 1. The van der Waals surface area contributed by atoms with Gasteiger partial charge in [-0.25, -0.2) is 9.38 Å². The smallest absolute Gasteiger partial charge is 0.243 e. The molecule has 1 N–H and O–H groups in total. The Kier molecular flexibility index (Phi) is 6.41. The fourth-order valence-electron chi connectivity index (χ4n) is 3.27. The molecule has 1 unspecified atom stereocenters. The third-order valence-corrected chi connectivity index (χ3v) is 6.32. The van der Waals surface area contributed by atoms with E-state index in [0.29, 0.717) is 10.9 Å². The number of benzene rings is 2. The number of carbonyl (C=O) groups is 2. The maximum Gasteiger partial charge on any atom is 0.243 e. The summed E-state index contributed by atoms with van der Waals surface area (Å²) >= 11 is 1.23. The number of nitrogens with one attached hydrogen (secondary N) is 1. The van der Waals surface area contributed by atoms with E-state index in [0.717, 1.165) is 16.8 Å². The first-order chi connectivity index (χ1) is 15.4. The lowest BCUT2D eigenvalue weighted by atomic mass is 10.1. The number of hydrogen-bond acceptors (Lipinski definition) is 5. The SMILES string of the molecule is Cc1ccc(N=C2SC(CC(=O)Nc3ccccc3F)C(=O)N2Cc2ccco2)cc1C. The summed E-state index contributed by atoms with van der Waals surface area (Å²) in [6.07, 6.45) is 1.45. The molecule has 1 aliphatic heterocycles. The number of rotatable bonds is 6. The van der Waals surface area contributed by atoms with E-state index < -0.39 is 17.0 Å². The fourth-order valence-corrected chi connectivity index (χ4v) is 4.42. The zero-order valence-corrected chi connectivity index (χ0v) is 18.5. The van der Waals surface area contributed by atoms with Crippen molar-refractivity contribution in [2.24, 2.45) is 4.99 Å². The summed E-state index contributed by atoms with van der Waals surface area (Å²) in [6.45, 7) is 4.24. The van der Waals surface area contributed by atoms with Crippen molar-refractivity contribution in [1.29, 1.82) is 0 Å². The second-order valence-corrected chi connectivity index (χ2v) is 8.68. The number of hydrogen-bond donors (Lipinski definition) is 1. The van der Waals surface area contributed by atoms with Crippen molar-refractivity contribution in [2.75, 3.05) is 5.32 Å². The zero-order chi connectivity index (χ0) is 22.7. The van der Waals surface area contributed by atoms with Crippen LogP contribution in [0.2, 0.25) is 0 Å². The van der Waals surface area contributed by atoms with Gasteiger partial charge >= 0.3 is 0 Å². The number of halogens is 1. The van der Waals surface area contributed by atoms with Crippen LogP contribution in [0.3, 0.4) is 0 Å². The second kappa shape index (κ2) is 9.40. The molecule has 2 aromatic carbocycles. The average molecular weight is 452 g/mol. The minimum absolute atomic E-state index is 0.0874. The van der Waals surface area contributed by atoms with Crippen LogP contribution in [0, 0.1) is 19.7 Å². The number of nitrogens with zero attached hydrogens (tertiary/aromatic N) is 2. The third-order valence-electron chi connectivity index (χ3n) is 5.15. The Morgan fingerprint density at radius 3 is 2.69 bits per heavy atom. The molecule has 3 aromatic rings. The molecule has 32 heavy (non-hydrogen) atoms. The number of para-hydroxylation sites is 1. The van der Waals surface area contributed by atoms with Gasteiger partial charge in [-0.1, -0.05) is 30.0 Å². The zero-order valence-electron chi connectivity index (χ0n) is 17.7. The molecule has 1 saturated heterocycles. The second-order valence-electron chi connectivity index (χ2n) is 7.51. The van der Waals surface area contributed by atoms with Crippen LogP contribution in [0.4, 0.5) is 15.8 Å². The van der Waals surface area contributed by atoms with Crippen LogP contribution in [-0.2, 0) is 16.1 Å². The number of aliphatic imine (C=N–C) groups is 1. The van der Waals surface area contributed by atoms with E-state index in [1.54, 1.807) is 30.5 Å². The first-order valence-electron chi connectivity index (χ1n) is 10.1. The predicted octanol–water partition coefficient (Wildman–Crippen LogP) is 5.20. The molecule has 1 fully saturated rings. The summed E-state index contributed by atoms with van der Waals surface area (Å²) in [6, 6.07) is 15.3. The van der Waals surface area contributed by atoms with Gasteiger partial charge in [-0.2, -0.15) is 0 Å². The third kappa shape index (κ3) is 4.91. The molecule has 1 aromatic heterocycles. The van der Waals surface area contributed by atoms with E-state index in [4.69, 9.17) is 4.42 Å². The van der Waals surface area contributed by atoms with Crippen molar-refractivity contribution >= 4 is 40.1 Å². The molecule has 0 spiro atoms. The van der Waals surface area contributed by atoms with Crippen LogP contribution in [0.25, 0.3) is 0 Å². The van der Waals surface area contributed by atoms with Crippen molar-refractivity contribution in [2.45, 2.75) is 32.1 Å². The van der Waals surface area contributed by atoms with Crippen molar-refractivity contribution in [3.63, 3.8) is 0 Å². The molecule has 0 aliphatic carbocycles. The van der Waals surface area contributed by atoms with Crippen LogP contribution < -0.4 is 5.32 Å². The number of amides is 2. The first-order valence-corrected chi connectivity index (χ1v) is 11.0. The van der Waals surface area contributed by atoms with Crippen LogP contribution in [0.15, 0.2) is 70.3 Å². The lowest BCUT2D eigenvalue weighted by Gasteiger charge is -2.15. The van der Waals surface area contributed by atoms with Gasteiger partial charge in [0, 0.05) is 6.42 Å². The number of anilines is 1. The highest BCUT2D eigenvalue weighted by Gasteiger charge is 2.39. The van der Waals surface area contributed by atoms with Crippen molar-refractivity contribution in [3.8, 4) is 0 Å². The van der Waals surface area contributed by atoms with Gasteiger partial charge in [0.05, 0.1) is 24.2 Å². The van der Waals surface area contributed by atoms with E-state index in [1.165, 1.54) is 28.8 Å². The Morgan fingerprint density at radius 1 is 1.16 bits per heavy atom. The van der Waals surface area contributed by atoms with Gasteiger partial charge in [-0.3, -0.25) is 14.5 Å². The van der Waals surface area contributed by atoms with Crippen LogP contribution in [0.1, 0.15) is 23.3 Å². The molecular weight excluding hydrogens is 429 g/mol. The topological polar surface area (TPSA) is 74.9 Å². The number of amidine groups is 1. The maximum atomic E-state index is 13.9. The molecule has 2 heterocycles. The molecule has 2 amide bonds. The van der Waals surface area contributed by atoms with Gasteiger partial charge in [0.15, 0.2) is 5.17 Å². The molecule has 0 saturated carbocycles. The predicted molar refractivity (Wildman–Crippen MR) is 123 cm³/mol. The number of carbonyl (C=O) groups excluding carboxylic acids is 2. The Balaban J connectivity index is 1.55. The summed E-state index contributed by atoms with van der Waals surface area (Å²) in [5, 5.41) is 2.37. The van der Waals surface area contributed by atoms with Crippen molar-refractivity contribution in [3.05, 3.63) is 83.6 Å². The lowest BCUT2D eigenvalue weighted by Crippen LogP contribution is -2.33. The van der Waals surface area contributed by atoms with Crippen molar-refractivity contribution < 1.29 is 18.4 Å². The van der Waals surface area contributed by atoms with E-state index in [-0.39, 0.29) is 24.6 Å². The summed E-state index contributed by atoms with van der Waals surface area (Å²) in [4.78, 5) is 31.9. The van der Waals surface area contributed by atoms with Gasteiger partial charge in [-0.15, -0.1) is 0 Å². The van der Waals surface area contributed by atoms with Gasteiger partial charge in [0.25, 0.3) is 0 Å². The molecule has 0 radical (unpaired) electrons. The first kappa shape index (κ1) is 21.8. The van der Waals surface area contributed by atoms with E-state index in [9.17, 15) is 14.0 Å². The molecule has 4 rings (SSSR count). The van der Waals surface area contributed by atoms with Gasteiger partial charge < -0.3 is 9.73 Å². The largest absolute Gasteiger partial charge is 0.467 e. The minimum Gasteiger partial charge on any atom is -0.467 e. The molecular formula is C24H22FN3O3S. The summed E-state index contributed by atoms with van der Waals surface area (Å²) < 4.78 is 19.3. The summed E-state index contributed by atoms with van der Waals surface area (Å²) in [7, 11) is 0. The van der Waals surface area contributed by atoms with Crippen LogP contribution in [0.5, 0.6) is 0 Å². The molecule has 6 nitrogen and oxygen atoms in total. The molecule has 1 atom stereocenters. The van der Waals surface area contributed by atoms with E-state index in [2.05, 4.69) is 10.3 Å².